The third-order valence-electron chi connectivity index (χ3n) is 5.85. The molecule has 0 saturated heterocycles. The molecule has 0 radical (unpaired) electrons. The third kappa shape index (κ3) is 15.0. The molecular weight excluding hydrogens is 444 g/mol. The van der Waals surface area contributed by atoms with Crippen LogP contribution in [0.25, 0.3) is 0 Å². The molecule has 196 valence electrons. The van der Waals surface area contributed by atoms with Gasteiger partial charge in [0.15, 0.2) is 0 Å². The first-order chi connectivity index (χ1) is 16.4. The number of unbranched alkanes of at least 4 members (excludes halogenated alkanes) is 1. The second-order valence-corrected chi connectivity index (χ2v) is 9.53. The summed E-state index contributed by atoms with van der Waals surface area (Å²) in [6, 6.07) is -0.794. The molecule has 0 aromatic carbocycles. The van der Waals surface area contributed by atoms with E-state index in [4.69, 9.17) is 15.9 Å². The summed E-state index contributed by atoms with van der Waals surface area (Å²) < 4.78 is 0. The fraction of sp³-hybridized carbons (Fsp3) is 0.536. The first-order valence-electron chi connectivity index (χ1n) is 12.2. The van der Waals surface area contributed by atoms with Gasteiger partial charge in [-0.25, -0.2) is 0 Å². The summed E-state index contributed by atoms with van der Waals surface area (Å²) in [5.41, 5.74) is 10.7. The minimum absolute atomic E-state index is 0.290. The molecule has 7 heteroatoms. The molecule has 1 rings (SSSR count). The van der Waals surface area contributed by atoms with Crippen molar-refractivity contribution in [1.29, 1.82) is 0 Å². The predicted molar refractivity (Wildman–Crippen MR) is 142 cm³/mol. The van der Waals surface area contributed by atoms with Gasteiger partial charge in [-0.2, -0.15) is 0 Å². The number of aldehydes is 1. The molecule has 7 nitrogen and oxygen atoms in total. The zero-order valence-corrected chi connectivity index (χ0v) is 22.0. The maximum absolute atomic E-state index is 10.6. The van der Waals surface area contributed by atoms with Gasteiger partial charge < -0.3 is 15.9 Å². The van der Waals surface area contributed by atoms with Crippen LogP contribution in [0.5, 0.6) is 0 Å². The van der Waals surface area contributed by atoms with E-state index < -0.39 is 18.0 Å². The maximum atomic E-state index is 10.6. The number of carboxylic acid groups (broad SMARTS) is 2. The van der Waals surface area contributed by atoms with Crippen LogP contribution in [0.1, 0.15) is 73.1 Å². The first-order valence-corrected chi connectivity index (χ1v) is 12.2. The van der Waals surface area contributed by atoms with E-state index in [1.165, 1.54) is 36.0 Å². The lowest BCUT2D eigenvalue weighted by Gasteiger charge is -2.32. The van der Waals surface area contributed by atoms with Gasteiger partial charge in [0.25, 0.3) is 0 Å². The fourth-order valence-corrected chi connectivity index (χ4v) is 3.81. The number of hydrogen-bond acceptors (Lipinski definition) is 5. The minimum Gasteiger partial charge on any atom is -0.480 e. The largest absolute Gasteiger partial charge is 0.480 e. The zero-order valence-electron chi connectivity index (χ0n) is 22.0. The van der Waals surface area contributed by atoms with Gasteiger partial charge in [0, 0.05) is 0 Å². The summed E-state index contributed by atoms with van der Waals surface area (Å²) in [4.78, 5) is 31.1. The predicted octanol–water partition coefficient (Wildman–Crippen LogP) is 4.96. The number of nitrogens with one attached hydrogen (secondary N) is 1. The Balaban J connectivity index is 0.000000720. The molecule has 1 unspecified atom stereocenters. The van der Waals surface area contributed by atoms with Crippen LogP contribution in [0.3, 0.4) is 0 Å². The lowest BCUT2D eigenvalue weighted by molar-refractivity contribution is -0.140. The van der Waals surface area contributed by atoms with Gasteiger partial charge in [-0.15, -0.1) is 0 Å². The smallest absolute Gasteiger partial charge is 0.320 e. The van der Waals surface area contributed by atoms with Crippen molar-refractivity contribution in [2.24, 2.45) is 11.1 Å². The number of carbonyl (C=O) groups is 3. The van der Waals surface area contributed by atoms with Crippen LogP contribution < -0.4 is 11.1 Å². The molecule has 0 spiro atoms. The van der Waals surface area contributed by atoms with Crippen LogP contribution in [-0.4, -0.2) is 47.6 Å². The maximum Gasteiger partial charge on any atom is 0.320 e. The lowest BCUT2D eigenvalue weighted by Crippen LogP contribution is -2.39. The fourth-order valence-electron chi connectivity index (χ4n) is 3.81. The highest BCUT2D eigenvalue weighted by Gasteiger charge is 2.26. The van der Waals surface area contributed by atoms with E-state index in [0.29, 0.717) is 19.4 Å². The van der Waals surface area contributed by atoms with Crippen molar-refractivity contribution in [1.82, 2.24) is 5.32 Å². The van der Waals surface area contributed by atoms with Crippen molar-refractivity contribution >= 4 is 18.2 Å². The molecule has 0 aromatic heterocycles. The molecule has 0 aliphatic heterocycles. The highest BCUT2D eigenvalue weighted by molar-refractivity contribution is 5.75. The number of aliphatic carboxylic acids is 2. The lowest BCUT2D eigenvalue weighted by atomic mass is 9.72. The molecule has 35 heavy (non-hydrogen) atoms. The molecule has 0 fully saturated rings. The number of carboxylic acids is 2. The Morgan fingerprint density at radius 3 is 2.31 bits per heavy atom. The molecule has 5 N–H and O–H groups in total. The van der Waals surface area contributed by atoms with Gasteiger partial charge in [-0.1, -0.05) is 61.8 Å². The van der Waals surface area contributed by atoms with Crippen molar-refractivity contribution in [3.8, 4) is 0 Å². The van der Waals surface area contributed by atoms with Gasteiger partial charge in [0.05, 0.1) is 6.54 Å². The quantitative estimate of drug-likeness (QED) is 0.125. The first kappa shape index (κ1) is 32.2. The highest BCUT2D eigenvalue weighted by atomic mass is 16.4. The number of carbonyl (C=O) groups excluding carboxylic acids is 1. The van der Waals surface area contributed by atoms with Crippen LogP contribution in [0.2, 0.25) is 0 Å². The van der Waals surface area contributed by atoms with Gasteiger partial charge in [0.1, 0.15) is 12.3 Å². The SMILES string of the molecule is CC(C=CC=C(C)C=CC1=C(C)CCCC1(C)C)=CC=O.NCCCCC(NCC(=O)O)C(=O)O. The Morgan fingerprint density at radius 2 is 1.77 bits per heavy atom. The zero-order chi connectivity index (χ0) is 26.9. The number of allylic oxidation sites excluding steroid dienone is 10. The van der Waals surface area contributed by atoms with Crippen molar-refractivity contribution in [2.45, 2.75) is 79.2 Å². The molecule has 0 aromatic rings. The summed E-state index contributed by atoms with van der Waals surface area (Å²) in [6.07, 6.45) is 18.5. The van der Waals surface area contributed by atoms with Crippen LogP contribution in [-0.2, 0) is 14.4 Å². The number of hydrogen-bond donors (Lipinski definition) is 4. The Morgan fingerprint density at radius 1 is 1.11 bits per heavy atom. The van der Waals surface area contributed by atoms with Gasteiger partial charge in [-0.05, 0) is 82.1 Å². The third-order valence-corrected chi connectivity index (χ3v) is 5.85. The minimum atomic E-state index is -1.06. The number of nitrogens with two attached hydrogens (primary N) is 1. The molecular formula is C28H44N2O5. The number of rotatable bonds is 13. The van der Waals surface area contributed by atoms with E-state index in [0.717, 1.165) is 18.3 Å². The molecule has 0 amide bonds. The van der Waals surface area contributed by atoms with Gasteiger partial charge >= 0.3 is 11.9 Å². The van der Waals surface area contributed by atoms with E-state index in [-0.39, 0.29) is 12.0 Å². The van der Waals surface area contributed by atoms with Gasteiger partial charge in [0.2, 0.25) is 0 Å². The van der Waals surface area contributed by atoms with E-state index in [1.807, 2.05) is 19.1 Å². The molecule has 1 aliphatic rings. The average Bonchev–Trinajstić information content (AvgIpc) is 2.75. The van der Waals surface area contributed by atoms with E-state index in [1.54, 1.807) is 6.08 Å². The molecule has 0 heterocycles. The Bertz CT molecular complexity index is 847. The van der Waals surface area contributed by atoms with E-state index in [9.17, 15) is 14.4 Å². The van der Waals surface area contributed by atoms with Crippen molar-refractivity contribution < 1.29 is 24.6 Å². The van der Waals surface area contributed by atoms with Crippen LogP contribution in [0.15, 0.2) is 58.7 Å². The molecule has 0 bridgehead atoms. The van der Waals surface area contributed by atoms with Crippen molar-refractivity contribution in [2.75, 3.05) is 13.1 Å². The highest BCUT2D eigenvalue weighted by Crippen LogP contribution is 2.40. The van der Waals surface area contributed by atoms with Crippen LogP contribution in [0, 0.1) is 5.41 Å². The van der Waals surface area contributed by atoms with Crippen LogP contribution >= 0.6 is 0 Å². The average molecular weight is 489 g/mol. The van der Waals surface area contributed by atoms with Crippen molar-refractivity contribution in [3.63, 3.8) is 0 Å². The Labute approximate surface area is 210 Å². The van der Waals surface area contributed by atoms with E-state index in [2.05, 4.69) is 51.2 Å². The summed E-state index contributed by atoms with van der Waals surface area (Å²) in [7, 11) is 0. The van der Waals surface area contributed by atoms with Gasteiger partial charge in [-0.3, -0.25) is 19.7 Å². The summed E-state index contributed by atoms with van der Waals surface area (Å²) in [5.74, 6) is -2.08. The van der Waals surface area contributed by atoms with Crippen molar-refractivity contribution in [3.05, 3.63) is 58.7 Å². The molecule has 0 saturated carbocycles. The van der Waals surface area contributed by atoms with E-state index >= 15 is 0 Å². The standard InChI is InChI=1S/C20H28O.C8H16N2O4/c1-16(8-6-9-17(2)13-15-21)11-12-19-18(3)10-7-14-20(19,4)5;9-4-2-1-3-6(8(13)14)10-5-7(11)12/h6,8-9,11-13,15H,7,10,14H2,1-5H3;6,10H,1-5,9H2,(H,11,12)(H,13,14). The van der Waals surface area contributed by atoms with Crippen LogP contribution in [0.4, 0.5) is 0 Å². The summed E-state index contributed by atoms with van der Waals surface area (Å²) in [6.45, 7) is 11.1. The normalized spacial score (nSPS) is 17.3. The molecule has 1 atom stereocenters. The summed E-state index contributed by atoms with van der Waals surface area (Å²) >= 11 is 0. The monoisotopic (exact) mass is 488 g/mol. The summed E-state index contributed by atoms with van der Waals surface area (Å²) in [5, 5.41) is 19.5. The topological polar surface area (TPSA) is 130 Å². The Kier molecular flexibility index (Phi) is 16.2. The molecule has 1 aliphatic carbocycles. The Hall–Kier alpha value is -2.77. The second kappa shape index (κ2) is 17.6. The second-order valence-electron chi connectivity index (χ2n) is 9.53.